The van der Waals surface area contributed by atoms with E-state index in [1.807, 2.05) is 13.1 Å². The van der Waals surface area contributed by atoms with Crippen molar-refractivity contribution in [1.82, 2.24) is 5.32 Å². The van der Waals surface area contributed by atoms with Gasteiger partial charge in [-0.15, -0.1) is 0 Å². The minimum atomic E-state index is -0.958. The third kappa shape index (κ3) is 3.68. The quantitative estimate of drug-likeness (QED) is 0.672. The molecule has 0 aliphatic rings. The third-order valence-electron chi connectivity index (χ3n) is 2.72. The fourth-order valence-corrected chi connectivity index (χ4v) is 2.01. The fourth-order valence-electron chi connectivity index (χ4n) is 1.77. The van der Waals surface area contributed by atoms with Gasteiger partial charge in [-0.2, -0.15) is 4.39 Å². The molecule has 0 heterocycles. The van der Waals surface area contributed by atoms with Crippen LogP contribution in [0, 0.1) is 15.9 Å². The number of nitro groups is 1. The summed E-state index contributed by atoms with van der Waals surface area (Å²) < 4.78 is 18.9. The maximum atomic E-state index is 13.5. The van der Waals surface area contributed by atoms with Gasteiger partial charge in [0.2, 0.25) is 5.82 Å². The van der Waals surface area contributed by atoms with Gasteiger partial charge in [0, 0.05) is 18.7 Å². The molecule has 0 fully saturated rings. The number of ether oxygens (including phenoxy) is 1. The first kappa shape index (κ1) is 15.2. The van der Waals surface area contributed by atoms with Gasteiger partial charge >= 0.3 is 5.69 Å². The lowest BCUT2D eigenvalue weighted by Crippen LogP contribution is -2.04. The van der Waals surface area contributed by atoms with Crippen LogP contribution in [-0.2, 0) is 6.54 Å². The molecule has 5 nitrogen and oxygen atoms in total. The van der Waals surface area contributed by atoms with Crippen molar-refractivity contribution in [3.63, 3.8) is 0 Å². The Morgan fingerprint density at radius 1 is 1.33 bits per heavy atom. The maximum absolute atomic E-state index is 13.5. The summed E-state index contributed by atoms with van der Waals surface area (Å²) in [5, 5.41) is 13.9. The number of benzene rings is 2. The standard InChI is InChI=1S/C14H12ClFN2O3/c1-17-8-9-2-5-14(11(15)6-9)21-10-3-4-13(18(19)20)12(16)7-10/h2-7,17H,8H2,1H3. The monoisotopic (exact) mass is 310 g/mol. The van der Waals surface area contributed by atoms with Gasteiger partial charge in [-0.1, -0.05) is 17.7 Å². The molecule has 0 atom stereocenters. The maximum Gasteiger partial charge on any atom is 0.305 e. The van der Waals surface area contributed by atoms with E-state index in [9.17, 15) is 14.5 Å². The third-order valence-corrected chi connectivity index (χ3v) is 3.02. The van der Waals surface area contributed by atoms with Gasteiger partial charge in [0.15, 0.2) is 0 Å². The van der Waals surface area contributed by atoms with E-state index in [1.54, 1.807) is 12.1 Å². The van der Waals surface area contributed by atoms with Gasteiger partial charge < -0.3 is 10.1 Å². The summed E-state index contributed by atoms with van der Waals surface area (Å²) >= 11 is 6.08. The Labute approximate surface area is 125 Å². The minimum absolute atomic E-state index is 0.140. The van der Waals surface area contributed by atoms with Crippen molar-refractivity contribution in [3.05, 3.63) is 62.9 Å². The van der Waals surface area contributed by atoms with Crippen molar-refractivity contribution in [2.24, 2.45) is 0 Å². The molecular formula is C14H12ClFN2O3. The summed E-state index contributed by atoms with van der Waals surface area (Å²) in [6, 6.07) is 8.53. The lowest BCUT2D eigenvalue weighted by atomic mass is 10.2. The second-order valence-corrected chi connectivity index (χ2v) is 4.67. The highest BCUT2D eigenvalue weighted by atomic mass is 35.5. The van der Waals surface area contributed by atoms with Gasteiger partial charge in [-0.05, 0) is 30.8 Å². The first-order chi connectivity index (χ1) is 10.0. The largest absolute Gasteiger partial charge is 0.456 e. The second kappa shape index (κ2) is 6.51. The topological polar surface area (TPSA) is 64.4 Å². The van der Waals surface area contributed by atoms with Crippen LogP contribution in [0.25, 0.3) is 0 Å². The molecular weight excluding hydrogens is 299 g/mol. The van der Waals surface area contributed by atoms with Crippen LogP contribution in [0.2, 0.25) is 5.02 Å². The van der Waals surface area contributed by atoms with Crippen molar-refractivity contribution in [1.29, 1.82) is 0 Å². The minimum Gasteiger partial charge on any atom is -0.456 e. The summed E-state index contributed by atoms with van der Waals surface area (Å²) in [5.74, 6) is -0.466. The van der Waals surface area contributed by atoms with Crippen LogP contribution in [-0.4, -0.2) is 12.0 Å². The van der Waals surface area contributed by atoms with Crippen LogP contribution in [0.4, 0.5) is 10.1 Å². The normalized spacial score (nSPS) is 10.4. The Morgan fingerprint density at radius 3 is 2.67 bits per heavy atom. The number of hydrogen-bond acceptors (Lipinski definition) is 4. The van der Waals surface area contributed by atoms with Gasteiger partial charge in [0.1, 0.15) is 11.5 Å². The molecule has 0 unspecified atom stereocenters. The van der Waals surface area contributed by atoms with E-state index in [0.717, 1.165) is 17.7 Å². The molecule has 110 valence electrons. The Balaban J connectivity index is 2.22. The highest BCUT2D eigenvalue weighted by Crippen LogP contribution is 2.32. The Morgan fingerprint density at radius 2 is 2.10 bits per heavy atom. The van der Waals surface area contributed by atoms with E-state index < -0.39 is 16.4 Å². The van der Waals surface area contributed by atoms with Crippen LogP contribution in [0.3, 0.4) is 0 Å². The number of nitrogens with one attached hydrogen (secondary N) is 1. The Hall–Kier alpha value is -2.18. The smallest absolute Gasteiger partial charge is 0.305 e. The van der Waals surface area contributed by atoms with Crippen LogP contribution in [0.15, 0.2) is 36.4 Å². The van der Waals surface area contributed by atoms with Gasteiger partial charge in [-0.25, -0.2) is 0 Å². The van der Waals surface area contributed by atoms with Crippen molar-refractivity contribution in [2.75, 3.05) is 7.05 Å². The van der Waals surface area contributed by atoms with Crippen LogP contribution >= 0.6 is 11.6 Å². The highest BCUT2D eigenvalue weighted by molar-refractivity contribution is 6.32. The lowest BCUT2D eigenvalue weighted by Gasteiger charge is -2.09. The molecule has 0 bridgehead atoms. The van der Waals surface area contributed by atoms with Gasteiger partial charge in [0.25, 0.3) is 0 Å². The number of nitro benzene ring substituents is 1. The van der Waals surface area contributed by atoms with Crippen molar-refractivity contribution < 1.29 is 14.1 Å². The molecule has 1 N–H and O–H groups in total. The van der Waals surface area contributed by atoms with E-state index in [1.165, 1.54) is 6.07 Å². The molecule has 0 aliphatic heterocycles. The van der Waals surface area contributed by atoms with E-state index >= 15 is 0 Å². The zero-order chi connectivity index (χ0) is 15.4. The number of rotatable bonds is 5. The molecule has 7 heteroatoms. The zero-order valence-corrected chi connectivity index (χ0v) is 11.9. The molecule has 0 aliphatic carbocycles. The molecule has 0 saturated heterocycles. The SMILES string of the molecule is CNCc1ccc(Oc2ccc([N+](=O)[O-])c(F)c2)c(Cl)c1. The number of hydrogen-bond donors (Lipinski definition) is 1. The summed E-state index contributed by atoms with van der Waals surface area (Å²) in [6.45, 7) is 0.659. The Bertz CT molecular complexity index is 679. The first-order valence-electron chi connectivity index (χ1n) is 6.06. The molecule has 0 amide bonds. The molecule has 2 aromatic rings. The molecule has 0 aromatic heterocycles. The molecule has 21 heavy (non-hydrogen) atoms. The number of halogens is 2. The van der Waals surface area contributed by atoms with E-state index in [-0.39, 0.29) is 5.75 Å². The average molecular weight is 311 g/mol. The van der Waals surface area contributed by atoms with Crippen LogP contribution < -0.4 is 10.1 Å². The van der Waals surface area contributed by atoms with Crippen molar-refractivity contribution in [2.45, 2.75) is 6.54 Å². The van der Waals surface area contributed by atoms with Crippen molar-refractivity contribution >= 4 is 17.3 Å². The summed E-state index contributed by atoms with van der Waals surface area (Å²) in [4.78, 5) is 9.75. The fraction of sp³-hybridized carbons (Fsp3) is 0.143. The second-order valence-electron chi connectivity index (χ2n) is 4.27. The predicted molar refractivity (Wildman–Crippen MR) is 77.3 cm³/mol. The lowest BCUT2D eigenvalue weighted by molar-refractivity contribution is -0.387. The first-order valence-corrected chi connectivity index (χ1v) is 6.44. The summed E-state index contributed by atoms with van der Waals surface area (Å²) in [5.41, 5.74) is 0.377. The summed E-state index contributed by atoms with van der Waals surface area (Å²) in [7, 11) is 1.82. The Kier molecular flexibility index (Phi) is 4.72. The average Bonchev–Trinajstić information content (AvgIpc) is 2.42. The molecule has 0 radical (unpaired) electrons. The zero-order valence-electron chi connectivity index (χ0n) is 11.1. The van der Waals surface area contributed by atoms with E-state index in [0.29, 0.717) is 17.3 Å². The van der Waals surface area contributed by atoms with Crippen molar-refractivity contribution in [3.8, 4) is 11.5 Å². The van der Waals surface area contributed by atoms with Gasteiger partial charge in [-0.3, -0.25) is 10.1 Å². The van der Waals surface area contributed by atoms with Crippen LogP contribution in [0.5, 0.6) is 11.5 Å². The molecule has 2 aromatic carbocycles. The van der Waals surface area contributed by atoms with E-state index in [2.05, 4.69) is 5.32 Å². The molecule has 0 saturated carbocycles. The molecule has 2 rings (SSSR count). The van der Waals surface area contributed by atoms with Gasteiger partial charge in [0.05, 0.1) is 9.95 Å². The van der Waals surface area contributed by atoms with Crippen LogP contribution in [0.1, 0.15) is 5.56 Å². The van der Waals surface area contributed by atoms with E-state index in [4.69, 9.17) is 16.3 Å². The predicted octanol–water partition coefficient (Wildman–Crippen LogP) is 3.90. The molecule has 0 spiro atoms. The summed E-state index contributed by atoms with van der Waals surface area (Å²) in [6.07, 6.45) is 0. The number of nitrogens with zero attached hydrogens (tertiary/aromatic N) is 1. The highest BCUT2D eigenvalue weighted by Gasteiger charge is 2.15.